The van der Waals surface area contributed by atoms with Crippen molar-refractivity contribution in [3.05, 3.63) is 47.2 Å². The van der Waals surface area contributed by atoms with Crippen molar-refractivity contribution in [2.75, 3.05) is 7.11 Å². The molecule has 2 aromatic rings. The molecule has 2 unspecified atom stereocenters. The standard InChI is InChI=1S/C16H19N3O2/c1-10-14(16(21-3)19(2)18-10)12-9-13(20)17-15(12)11-7-5-4-6-8-11/h4-8,12,15H,9H2,1-3H3,(H,17,20). The van der Waals surface area contributed by atoms with Crippen LogP contribution in [-0.4, -0.2) is 22.8 Å². The second-order valence-electron chi connectivity index (χ2n) is 5.40. The number of aromatic nitrogens is 2. The number of hydrogen-bond acceptors (Lipinski definition) is 3. The average molecular weight is 285 g/mol. The summed E-state index contributed by atoms with van der Waals surface area (Å²) in [7, 11) is 3.50. The predicted molar refractivity (Wildman–Crippen MR) is 79.2 cm³/mol. The first-order valence-electron chi connectivity index (χ1n) is 7.03. The number of aryl methyl sites for hydroxylation is 2. The van der Waals surface area contributed by atoms with Gasteiger partial charge in [-0.05, 0) is 12.5 Å². The summed E-state index contributed by atoms with van der Waals surface area (Å²) in [6.07, 6.45) is 0.461. The molecule has 1 saturated heterocycles. The van der Waals surface area contributed by atoms with E-state index < -0.39 is 0 Å². The second kappa shape index (κ2) is 5.24. The fraction of sp³-hybridized carbons (Fsp3) is 0.375. The number of benzene rings is 1. The molecule has 5 heteroatoms. The maximum atomic E-state index is 11.9. The molecule has 0 radical (unpaired) electrons. The van der Waals surface area contributed by atoms with Crippen LogP contribution in [0.4, 0.5) is 0 Å². The van der Waals surface area contributed by atoms with E-state index in [4.69, 9.17) is 4.74 Å². The molecular weight excluding hydrogens is 266 g/mol. The van der Waals surface area contributed by atoms with Gasteiger partial charge in [-0.3, -0.25) is 4.79 Å². The highest BCUT2D eigenvalue weighted by atomic mass is 16.5. The van der Waals surface area contributed by atoms with Crippen molar-refractivity contribution >= 4 is 5.91 Å². The summed E-state index contributed by atoms with van der Waals surface area (Å²) in [5, 5.41) is 7.51. The van der Waals surface area contributed by atoms with Crippen LogP contribution in [0.1, 0.15) is 35.2 Å². The molecule has 2 atom stereocenters. The molecule has 110 valence electrons. The number of methoxy groups -OCH3 is 1. The Morgan fingerprint density at radius 1 is 1.33 bits per heavy atom. The number of nitrogens with zero attached hydrogens (tertiary/aromatic N) is 2. The van der Waals surface area contributed by atoms with Crippen LogP contribution in [0.5, 0.6) is 5.88 Å². The lowest BCUT2D eigenvalue weighted by molar-refractivity contribution is -0.119. The van der Waals surface area contributed by atoms with Crippen LogP contribution in [0.15, 0.2) is 30.3 Å². The van der Waals surface area contributed by atoms with Gasteiger partial charge in [0.1, 0.15) is 0 Å². The number of hydrogen-bond donors (Lipinski definition) is 1. The molecule has 1 amide bonds. The third-order valence-corrected chi connectivity index (χ3v) is 4.06. The van der Waals surface area contributed by atoms with Crippen LogP contribution in [0.25, 0.3) is 0 Å². The Morgan fingerprint density at radius 3 is 2.71 bits per heavy atom. The molecule has 5 nitrogen and oxygen atoms in total. The van der Waals surface area contributed by atoms with E-state index in [9.17, 15) is 4.79 Å². The van der Waals surface area contributed by atoms with Crippen molar-refractivity contribution in [2.24, 2.45) is 7.05 Å². The van der Waals surface area contributed by atoms with Gasteiger partial charge < -0.3 is 10.1 Å². The van der Waals surface area contributed by atoms with Gasteiger partial charge in [-0.15, -0.1) is 0 Å². The van der Waals surface area contributed by atoms with Crippen molar-refractivity contribution in [1.29, 1.82) is 0 Å². The van der Waals surface area contributed by atoms with Gasteiger partial charge in [0, 0.05) is 24.9 Å². The molecule has 1 aromatic carbocycles. The van der Waals surface area contributed by atoms with E-state index in [2.05, 4.69) is 10.4 Å². The molecule has 0 bridgehead atoms. The van der Waals surface area contributed by atoms with E-state index >= 15 is 0 Å². The van der Waals surface area contributed by atoms with Crippen LogP contribution in [0.2, 0.25) is 0 Å². The molecule has 0 spiro atoms. The van der Waals surface area contributed by atoms with E-state index in [0.29, 0.717) is 6.42 Å². The second-order valence-corrected chi connectivity index (χ2v) is 5.40. The third-order valence-electron chi connectivity index (χ3n) is 4.06. The first-order valence-corrected chi connectivity index (χ1v) is 7.03. The normalized spacial score (nSPS) is 21.4. The number of carbonyl (C=O) groups is 1. The highest BCUT2D eigenvalue weighted by Gasteiger charge is 2.38. The summed E-state index contributed by atoms with van der Waals surface area (Å²) in [6, 6.07) is 10.0. The van der Waals surface area contributed by atoms with E-state index in [1.807, 2.05) is 44.3 Å². The Bertz CT molecular complexity index is 664. The number of rotatable bonds is 3. The van der Waals surface area contributed by atoms with Crippen molar-refractivity contribution in [2.45, 2.75) is 25.3 Å². The van der Waals surface area contributed by atoms with Crippen molar-refractivity contribution < 1.29 is 9.53 Å². The highest BCUT2D eigenvalue weighted by molar-refractivity contribution is 5.81. The topological polar surface area (TPSA) is 56.1 Å². The van der Waals surface area contributed by atoms with Crippen LogP contribution in [-0.2, 0) is 11.8 Å². The minimum Gasteiger partial charge on any atom is -0.481 e. The van der Waals surface area contributed by atoms with Gasteiger partial charge in [-0.2, -0.15) is 5.10 Å². The fourth-order valence-corrected chi connectivity index (χ4v) is 3.22. The zero-order valence-electron chi connectivity index (χ0n) is 12.5. The van der Waals surface area contributed by atoms with Crippen LogP contribution in [0, 0.1) is 6.92 Å². The summed E-state index contributed by atoms with van der Waals surface area (Å²) < 4.78 is 7.22. The summed E-state index contributed by atoms with van der Waals surface area (Å²) in [6.45, 7) is 1.96. The molecule has 0 aliphatic carbocycles. The molecule has 2 heterocycles. The summed E-state index contributed by atoms with van der Waals surface area (Å²) >= 11 is 0. The van der Waals surface area contributed by atoms with Crippen LogP contribution >= 0.6 is 0 Å². The maximum absolute atomic E-state index is 11.9. The molecule has 1 aliphatic rings. The average Bonchev–Trinajstić information content (AvgIpc) is 2.99. The molecule has 1 fully saturated rings. The lowest BCUT2D eigenvalue weighted by Crippen LogP contribution is -2.20. The maximum Gasteiger partial charge on any atom is 0.221 e. The zero-order chi connectivity index (χ0) is 15.0. The lowest BCUT2D eigenvalue weighted by Gasteiger charge is -2.20. The number of amides is 1. The highest BCUT2D eigenvalue weighted by Crippen LogP contribution is 2.43. The van der Waals surface area contributed by atoms with Crippen molar-refractivity contribution in [1.82, 2.24) is 15.1 Å². The molecule has 21 heavy (non-hydrogen) atoms. The summed E-state index contributed by atoms with van der Waals surface area (Å²) in [5.41, 5.74) is 3.04. The molecule has 1 aromatic heterocycles. The van der Waals surface area contributed by atoms with Gasteiger partial charge in [0.05, 0.1) is 18.8 Å². The molecule has 1 aliphatic heterocycles. The Labute approximate surface area is 123 Å². The SMILES string of the molecule is COc1c(C2CC(=O)NC2c2ccccc2)c(C)nn1C. The smallest absolute Gasteiger partial charge is 0.221 e. The zero-order valence-corrected chi connectivity index (χ0v) is 12.5. The summed E-state index contributed by atoms with van der Waals surface area (Å²) in [4.78, 5) is 11.9. The van der Waals surface area contributed by atoms with E-state index in [1.54, 1.807) is 11.8 Å². The quantitative estimate of drug-likeness (QED) is 0.939. The van der Waals surface area contributed by atoms with Gasteiger partial charge >= 0.3 is 0 Å². The molecule has 1 N–H and O–H groups in total. The Hall–Kier alpha value is -2.30. The van der Waals surface area contributed by atoms with Gasteiger partial charge in [0.2, 0.25) is 11.8 Å². The largest absolute Gasteiger partial charge is 0.481 e. The Morgan fingerprint density at radius 2 is 2.05 bits per heavy atom. The Balaban J connectivity index is 2.06. The number of carbonyl (C=O) groups excluding carboxylic acids is 1. The van der Waals surface area contributed by atoms with E-state index in [1.165, 1.54) is 0 Å². The third kappa shape index (κ3) is 2.28. The van der Waals surface area contributed by atoms with E-state index in [0.717, 1.165) is 22.7 Å². The van der Waals surface area contributed by atoms with Gasteiger partial charge in [-0.25, -0.2) is 4.68 Å². The molecular formula is C16H19N3O2. The minimum atomic E-state index is -0.0319. The van der Waals surface area contributed by atoms with Crippen molar-refractivity contribution in [3.8, 4) is 5.88 Å². The van der Waals surface area contributed by atoms with Gasteiger partial charge in [0.25, 0.3) is 0 Å². The van der Waals surface area contributed by atoms with Crippen LogP contribution in [0.3, 0.4) is 0 Å². The lowest BCUT2D eigenvalue weighted by atomic mass is 9.88. The van der Waals surface area contributed by atoms with Gasteiger partial charge in [-0.1, -0.05) is 30.3 Å². The fourth-order valence-electron chi connectivity index (χ4n) is 3.22. The monoisotopic (exact) mass is 285 g/mol. The first kappa shape index (κ1) is 13.7. The summed E-state index contributed by atoms with van der Waals surface area (Å²) in [5.74, 6) is 0.845. The molecule has 3 rings (SSSR count). The number of ether oxygens (including phenoxy) is 1. The van der Waals surface area contributed by atoms with E-state index in [-0.39, 0.29) is 17.9 Å². The Kier molecular flexibility index (Phi) is 3.41. The minimum absolute atomic E-state index is 0.0319. The molecule has 0 saturated carbocycles. The number of nitrogens with one attached hydrogen (secondary N) is 1. The first-order chi connectivity index (χ1) is 10.1. The van der Waals surface area contributed by atoms with Crippen molar-refractivity contribution in [3.63, 3.8) is 0 Å². The van der Waals surface area contributed by atoms with Gasteiger partial charge in [0.15, 0.2) is 0 Å². The van der Waals surface area contributed by atoms with Crippen LogP contribution < -0.4 is 10.1 Å². The predicted octanol–water partition coefficient (Wildman–Crippen LogP) is 2.08.